The van der Waals surface area contributed by atoms with E-state index in [0.29, 0.717) is 29.6 Å². The zero-order chi connectivity index (χ0) is 26.1. The molecule has 1 aliphatic rings. The molecule has 0 unspecified atom stereocenters. The molecule has 0 aromatic heterocycles. The molecule has 1 aliphatic heterocycles. The molecule has 0 radical (unpaired) electrons. The Morgan fingerprint density at radius 3 is 2.11 bits per heavy atom. The molecule has 1 heterocycles. The van der Waals surface area contributed by atoms with Crippen LogP contribution in [0.3, 0.4) is 0 Å². The normalized spacial score (nSPS) is 13.5. The van der Waals surface area contributed by atoms with Crippen molar-refractivity contribution in [1.82, 2.24) is 4.90 Å². The second-order valence-electron chi connectivity index (χ2n) is 7.84. The number of anilines is 1. The Morgan fingerprint density at radius 1 is 0.914 bits per heavy atom. The summed E-state index contributed by atoms with van der Waals surface area (Å²) in [6.45, 7) is -0.254. The first-order valence-corrected chi connectivity index (χ1v) is 13.9. The summed E-state index contributed by atoms with van der Waals surface area (Å²) in [5, 5.41) is 0. The minimum atomic E-state index is -4.34. The number of sulfonamides is 2. The third-order valence-corrected chi connectivity index (χ3v) is 8.46. The fraction of sp³-hybridized carbons (Fsp3) is 0.318. The highest BCUT2D eigenvalue weighted by molar-refractivity contribution is 8.09. The highest BCUT2D eigenvalue weighted by Crippen LogP contribution is 2.34. The monoisotopic (exact) mass is 524 g/mol. The molecule has 2 aromatic carbocycles. The lowest BCUT2D eigenvalue weighted by Crippen LogP contribution is -2.37. The van der Waals surface area contributed by atoms with E-state index in [9.17, 15) is 31.2 Å². The van der Waals surface area contributed by atoms with Gasteiger partial charge in [0.2, 0.25) is 20.0 Å². The Kier molecular flexibility index (Phi) is 7.22. The molecule has 0 N–H and O–H groups in total. The molecule has 13 heteroatoms. The zero-order valence-electron chi connectivity index (χ0n) is 19.5. The van der Waals surface area contributed by atoms with Crippen LogP contribution < -0.4 is 13.2 Å². The molecule has 0 aliphatic carbocycles. The first-order valence-electron chi connectivity index (χ1n) is 10.2. The van der Waals surface area contributed by atoms with Crippen LogP contribution in [-0.4, -0.2) is 72.6 Å². The molecule has 0 saturated carbocycles. The Morgan fingerprint density at radius 2 is 1.54 bits per heavy atom. The number of Topliss-reactive ketones (excluding diaryl/α,β-unsaturated/α-hetero) is 1. The number of carbonyl (C=O) groups excluding carboxylic acids is 3. The number of hydrogen-bond donors (Lipinski definition) is 0. The smallest absolute Gasteiger partial charge is 0.263 e. The van der Waals surface area contributed by atoms with Gasteiger partial charge in [-0.05, 0) is 29.8 Å². The molecule has 3 rings (SSSR count). The number of nitrogens with zero attached hydrogens (tertiary/aromatic N) is 2. The van der Waals surface area contributed by atoms with E-state index in [0.717, 1.165) is 11.0 Å². The van der Waals surface area contributed by atoms with Gasteiger partial charge >= 0.3 is 0 Å². The van der Waals surface area contributed by atoms with Crippen molar-refractivity contribution in [3.63, 3.8) is 0 Å². The van der Waals surface area contributed by atoms with Crippen LogP contribution in [0.4, 0.5) is 5.69 Å². The van der Waals surface area contributed by atoms with E-state index in [1.807, 2.05) is 0 Å². The molecular weight excluding hydrogens is 500 g/mol. The number of methoxy groups -OCH3 is 2. The first-order chi connectivity index (χ1) is 16.3. The van der Waals surface area contributed by atoms with Gasteiger partial charge in [0.05, 0.1) is 43.5 Å². The van der Waals surface area contributed by atoms with Gasteiger partial charge in [-0.2, -0.15) is 3.71 Å². The average Bonchev–Trinajstić information content (AvgIpc) is 3.00. The molecule has 35 heavy (non-hydrogen) atoms. The van der Waals surface area contributed by atoms with Crippen LogP contribution in [0.2, 0.25) is 0 Å². The molecule has 0 fully saturated rings. The summed E-state index contributed by atoms with van der Waals surface area (Å²) in [4.78, 5) is 39.3. The highest BCUT2D eigenvalue weighted by Gasteiger charge is 2.41. The van der Waals surface area contributed by atoms with Gasteiger partial charge in [0, 0.05) is 19.4 Å². The maximum absolute atomic E-state index is 13.1. The van der Waals surface area contributed by atoms with E-state index in [-0.39, 0.29) is 40.0 Å². The number of amides is 2. The molecule has 2 aromatic rings. The number of carbonyl (C=O) groups is 3. The number of ether oxygens (including phenoxy) is 2. The predicted octanol–water partition coefficient (Wildman–Crippen LogP) is 1.23. The maximum Gasteiger partial charge on any atom is 0.263 e. The molecular formula is C22H24N2O9S2. The summed E-state index contributed by atoms with van der Waals surface area (Å²) in [6, 6.07) is 8.72. The van der Waals surface area contributed by atoms with E-state index in [4.69, 9.17) is 9.47 Å². The quantitative estimate of drug-likeness (QED) is 0.419. The van der Waals surface area contributed by atoms with Crippen LogP contribution in [0, 0.1) is 0 Å². The number of benzene rings is 2. The number of hydrogen-bond acceptors (Lipinski definition) is 9. The largest absolute Gasteiger partial charge is 0.493 e. The molecule has 2 amide bonds. The predicted molar refractivity (Wildman–Crippen MR) is 127 cm³/mol. The van der Waals surface area contributed by atoms with Crippen molar-refractivity contribution in [2.24, 2.45) is 0 Å². The van der Waals surface area contributed by atoms with Crippen molar-refractivity contribution in [3.8, 4) is 11.5 Å². The van der Waals surface area contributed by atoms with Gasteiger partial charge in [-0.3, -0.25) is 19.3 Å². The molecule has 0 atom stereocenters. The summed E-state index contributed by atoms with van der Waals surface area (Å²) in [5.74, 6) is -0.929. The summed E-state index contributed by atoms with van der Waals surface area (Å²) in [6.07, 6.45) is 1.22. The molecule has 0 saturated heterocycles. The van der Waals surface area contributed by atoms with Crippen molar-refractivity contribution in [3.05, 3.63) is 53.1 Å². The van der Waals surface area contributed by atoms with Crippen LogP contribution in [0.5, 0.6) is 11.5 Å². The molecule has 188 valence electrons. The molecule has 0 bridgehead atoms. The third-order valence-electron chi connectivity index (χ3n) is 5.24. The van der Waals surface area contributed by atoms with Gasteiger partial charge in [-0.15, -0.1) is 0 Å². The van der Waals surface area contributed by atoms with Gasteiger partial charge in [-0.25, -0.2) is 16.8 Å². The van der Waals surface area contributed by atoms with Crippen LogP contribution in [0.1, 0.15) is 32.7 Å². The van der Waals surface area contributed by atoms with Gasteiger partial charge < -0.3 is 9.47 Å². The van der Waals surface area contributed by atoms with Crippen molar-refractivity contribution in [1.29, 1.82) is 0 Å². The standard InChI is InChI=1S/C22H24N2O9S2/c1-32-18-9-8-14(13-19(18)33-2)12-15(25)10-11-23-21(26)16-6-5-7-17(20(16)22(23)27)24(34(3,28)29)35(4,30)31/h5-9,13H,10-12H2,1-4H3. The summed E-state index contributed by atoms with van der Waals surface area (Å²) >= 11 is 0. The maximum atomic E-state index is 13.1. The minimum Gasteiger partial charge on any atom is -0.493 e. The molecule has 0 spiro atoms. The highest BCUT2D eigenvalue weighted by atomic mass is 32.3. The first kappa shape index (κ1) is 26.2. The van der Waals surface area contributed by atoms with Gasteiger partial charge in [0.15, 0.2) is 11.5 Å². The van der Waals surface area contributed by atoms with Gasteiger partial charge in [0.1, 0.15) is 5.78 Å². The Hall–Kier alpha value is -3.45. The van der Waals surface area contributed by atoms with E-state index < -0.39 is 37.5 Å². The Bertz CT molecular complexity index is 1380. The SMILES string of the molecule is COc1ccc(CC(=O)CCN2C(=O)c3cccc(N(S(C)(=O)=O)S(C)(=O)=O)c3C2=O)cc1OC. The zero-order valence-corrected chi connectivity index (χ0v) is 21.1. The van der Waals surface area contributed by atoms with Crippen LogP contribution >= 0.6 is 0 Å². The van der Waals surface area contributed by atoms with E-state index >= 15 is 0 Å². The fourth-order valence-electron chi connectivity index (χ4n) is 3.82. The lowest BCUT2D eigenvalue weighted by Gasteiger charge is -2.21. The summed E-state index contributed by atoms with van der Waals surface area (Å²) < 4.78 is 59.3. The number of rotatable bonds is 10. The number of imide groups is 1. The second kappa shape index (κ2) is 9.66. The van der Waals surface area contributed by atoms with Crippen LogP contribution in [0.25, 0.3) is 0 Å². The average molecular weight is 525 g/mol. The third kappa shape index (κ3) is 5.30. The second-order valence-corrected chi connectivity index (χ2v) is 11.7. The van der Waals surface area contributed by atoms with Crippen molar-refractivity contribution in [2.45, 2.75) is 12.8 Å². The van der Waals surface area contributed by atoms with Crippen LogP contribution in [0.15, 0.2) is 36.4 Å². The van der Waals surface area contributed by atoms with Crippen LogP contribution in [-0.2, 0) is 31.3 Å². The summed E-state index contributed by atoms with van der Waals surface area (Å²) in [5.41, 5.74) is -0.280. The van der Waals surface area contributed by atoms with Crippen molar-refractivity contribution in [2.75, 3.05) is 37.0 Å². The minimum absolute atomic E-state index is 0.0186. The topological polar surface area (TPSA) is 144 Å². The fourth-order valence-corrected chi connectivity index (χ4v) is 6.80. The van der Waals surface area contributed by atoms with Crippen molar-refractivity contribution < 1.29 is 40.7 Å². The van der Waals surface area contributed by atoms with E-state index in [2.05, 4.69) is 0 Å². The lowest BCUT2D eigenvalue weighted by molar-refractivity contribution is -0.118. The van der Waals surface area contributed by atoms with Crippen molar-refractivity contribution >= 4 is 43.3 Å². The van der Waals surface area contributed by atoms with E-state index in [1.54, 1.807) is 18.2 Å². The van der Waals surface area contributed by atoms with Gasteiger partial charge in [-0.1, -0.05) is 12.1 Å². The number of fused-ring (bicyclic) bond motifs is 1. The van der Waals surface area contributed by atoms with Gasteiger partial charge in [0.25, 0.3) is 11.8 Å². The Balaban J connectivity index is 1.82. The van der Waals surface area contributed by atoms with E-state index in [1.165, 1.54) is 26.4 Å². The lowest BCUT2D eigenvalue weighted by atomic mass is 10.1. The number of ketones is 1. The molecule has 11 nitrogen and oxygen atoms in total. The summed E-state index contributed by atoms with van der Waals surface area (Å²) in [7, 11) is -5.72. The Labute approximate surface area is 203 Å².